The van der Waals surface area contributed by atoms with Crippen LogP contribution in [0, 0.1) is 5.82 Å². The van der Waals surface area contributed by atoms with Crippen molar-refractivity contribution in [3.63, 3.8) is 0 Å². The molecule has 2 heterocycles. The van der Waals surface area contributed by atoms with E-state index in [1.807, 2.05) is 0 Å². The number of benzene rings is 3. The molecule has 242 valence electrons. The molecule has 0 aliphatic carbocycles. The number of ether oxygens (including phenoxy) is 5. The van der Waals surface area contributed by atoms with E-state index < -0.39 is 78.2 Å². The van der Waals surface area contributed by atoms with Crippen LogP contribution in [0.1, 0.15) is 44.2 Å². The van der Waals surface area contributed by atoms with Crippen LogP contribution in [-0.4, -0.2) is 64.5 Å². The summed E-state index contributed by atoms with van der Waals surface area (Å²) in [5.41, 5.74) is -4.36. The first kappa shape index (κ1) is 32.5. The number of aromatic nitrogens is 2. The van der Waals surface area contributed by atoms with E-state index in [-0.39, 0.29) is 16.7 Å². The molecule has 4 aromatic rings. The second kappa shape index (κ2) is 14.0. The first-order valence-corrected chi connectivity index (χ1v) is 14.1. The van der Waals surface area contributed by atoms with Crippen LogP contribution in [0.3, 0.4) is 0 Å². The molecule has 0 spiro atoms. The minimum atomic E-state index is -2.17. The Balaban J connectivity index is 1.62. The van der Waals surface area contributed by atoms with E-state index >= 15 is 0 Å². The normalized spacial score (nSPS) is 18.1. The van der Waals surface area contributed by atoms with Crippen LogP contribution in [0.4, 0.5) is 4.39 Å². The third kappa shape index (κ3) is 7.34. The fourth-order valence-corrected chi connectivity index (χ4v) is 4.90. The van der Waals surface area contributed by atoms with Gasteiger partial charge in [-0.25, -0.2) is 19.2 Å². The Morgan fingerprint density at radius 1 is 0.766 bits per heavy atom. The van der Waals surface area contributed by atoms with Gasteiger partial charge in [-0.2, -0.15) is 4.39 Å². The van der Waals surface area contributed by atoms with Gasteiger partial charge in [0.15, 0.2) is 24.0 Å². The molecule has 47 heavy (non-hydrogen) atoms. The number of nitrogens with one attached hydrogen (secondary N) is 1. The number of halogens is 1. The molecule has 1 fully saturated rings. The van der Waals surface area contributed by atoms with E-state index in [1.165, 1.54) is 36.4 Å². The Morgan fingerprint density at radius 2 is 1.23 bits per heavy atom. The zero-order chi connectivity index (χ0) is 33.6. The van der Waals surface area contributed by atoms with Crippen LogP contribution in [0.25, 0.3) is 0 Å². The highest BCUT2D eigenvalue weighted by atomic mass is 19.1. The van der Waals surface area contributed by atoms with Gasteiger partial charge in [0.2, 0.25) is 5.82 Å². The molecule has 1 aromatic heterocycles. The second-order valence-electron chi connectivity index (χ2n) is 10.4. The number of hydrogen-bond donors (Lipinski definition) is 1. The van der Waals surface area contributed by atoms with Gasteiger partial charge in [0.05, 0.1) is 22.9 Å². The maximum atomic E-state index is 14.5. The zero-order valence-corrected chi connectivity index (χ0v) is 24.7. The Labute approximate surface area is 265 Å². The molecule has 0 saturated carbocycles. The number of esters is 4. The minimum absolute atomic E-state index is 0.0567. The summed E-state index contributed by atoms with van der Waals surface area (Å²) in [4.78, 5) is 78.5. The fourth-order valence-electron chi connectivity index (χ4n) is 4.90. The predicted molar refractivity (Wildman–Crippen MR) is 159 cm³/mol. The summed E-state index contributed by atoms with van der Waals surface area (Å²) < 4.78 is 43.8. The summed E-state index contributed by atoms with van der Waals surface area (Å²) >= 11 is 0. The lowest BCUT2D eigenvalue weighted by molar-refractivity contribution is -0.157. The molecule has 0 amide bonds. The van der Waals surface area contributed by atoms with Gasteiger partial charge in [0.25, 0.3) is 5.56 Å². The first-order chi connectivity index (χ1) is 22.6. The van der Waals surface area contributed by atoms with E-state index in [1.54, 1.807) is 59.6 Å². The van der Waals surface area contributed by atoms with Crippen molar-refractivity contribution in [3.05, 3.63) is 141 Å². The lowest BCUT2D eigenvalue weighted by Gasteiger charge is -2.33. The number of nitrogens with zero attached hydrogens (tertiary/aromatic N) is 1. The molecule has 1 aliphatic rings. The van der Waals surface area contributed by atoms with E-state index in [0.29, 0.717) is 10.8 Å². The monoisotopic (exact) mass is 646 g/mol. The average molecular weight is 647 g/mol. The second-order valence-corrected chi connectivity index (χ2v) is 10.4. The Hall–Kier alpha value is -5.89. The highest BCUT2D eigenvalue weighted by molar-refractivity contribution is 5.90. The van der Waals surface area contributed by atoms with Crippen LogP contribution in [0.5, 0.6) is 0 Å². The number of rotatable bonds is 10. The van der Waals surface area contributed by atoms with E-state index in [2.05, 4.69) is 0 Å². The van der Waals surface area contributed by atoms with Crippen LogP contribution in [0.15, 0.2) is 107 Å². The molecule has 3 aromatic carbocycles. The third-order valence-electron chi connectivity index (χ3n) is 7.11. The standard InChI is InChI=1S/C33H27FN2O11/c1-20(37)45-25-26(46-31(41)23-15-9-4-10-16-23)33(18-43-29(39)21-11-5-2-6-12-21,19-44-30(40)22-13-7-3-8-14-22)47-28(25)36-17-24(34)27(38)35-32(36)42/h2-17,25-26,28H,18-19H2,1H3,(H,35,38,42)/t25-,26-,28-/m1/s1. The number of aromatic amines is 1. The SMILES string of the molecule is CC(=O)O[C@H]1[C@H](n2cc(F)c(=O)[nH]c2=O)OC(COC(=O)c2ccccc2)(COC(=O)c2ccccc2)[C@@H]1OC(=O)c1ccccc1. The van der Waals surface area contributed by atoms with Crippen molar-refractivity contribution in [1.29, 1.82) is 0 Å². The van der Waals surface area contributed by atoms with Crippen LogP contribution in [0.2, 0.25) is 0 Å². The summed E-state index contributed by atoms with van der Waals surface area (Å²) in [6, 6.07) is 23.3. The third-order valence-corrected chi connectivity index (χ3v) is 7.11. The maximum absolute atomic E-state index is 14.5. The maximum Gasteiger partial charge on any atom is 0.338 e. The molecule has 1 N–H and O–H groups in total. The van der Waals surface area contributed by atoms with Gasteiger partial charge in [0, 0.05) is 6.92 Å². The van der Waals surface area contributed by atoms with E-state index in [4.69, 9.17) is 23.7 Å². The topological polar surface area (TPSA) is 169 Å². The first-order valence-electron chi connectivity index (χ1n) is 14.1. The summed E-state index contributed by atoms with van der Waals surface area (Å²) in [5.74, 6) is -4.98. The molecule has 3 atom stereocenters. The highest BCUT2D eigenvalue weighted by Gasteiger charge is 2.62. The van der Waals surface area contributed by atoms with Crippen molar-refractivity contribution in [2.24, 2.45) is 0 Å². The number of carbonyl (C=O) groups is 4. The van der Waals surface area contributed by atoms with Crippen LogP contribution < -0.4 is 11.2 Å². The molecule has 0 radical (unpaired) electrons. The lowest BCUT2D eigenvalue weighted by Crippen LogP contribution is -2.54. The molecule has 0 unspecified atom stereocenters. The number of hydrogen-bond acceptors (Lipinski definition) is 11. The van der Waals surface area contributed by atoms with Gasteiger partial charge in [-0.05, 0) is 36.4 Å². The predicted octanol–water partition coefficient (Wildman–Crippen LogP) is 2.81. The summed E-state index contributed by atoms with van der Waals surface area (Å²) in [6.07, 6.45) is -4.76. The Morgan fingerprint density at radius 3 is 1.70 bits per heavy atom. The van der Waals surface area contributed by atoms with Crippen molar-refractivity contribution in [3.8, 4) is 0 Å². The number of carbonyl (C=O) groups excluding carboxylic acids is 4. The largest absolute Gasteiger partial charge is 0.459 e. The van der Waals surface area contributed by atoms with Crippen molar-refractivity contribution in [2.75, 3.05) is 13.2 Å². The Kier molecular flexibility index (Phi) is 9.71. The molecule has 13 nitrogen and oxygen atoms in total. The van der Waals surface area contributed by atoms with E-state index in [9.17, 15) is 33.2 Å². The average Bonchev–Trinajstić information content (AvgIpc) is 3.36. The lowest BCUT2D eigenvalue weighted by atomic mass is 9.96. The molecular formula is C33H27FN2O11. The van der Waals surface area contributed by atoms with Crippen molar-refractivity contribution >= 4 is 23.9 Å². The van der Waals surface area contributed by atoms with Gasteiger partial charge < -0.3 is 23.7 Å². The highest BCUT2D eigenvalue weighted by Crippen LogP contribution is 2.42. The molecule has 1 saturated heterocycles. The van der Waals surface area contributed by atoms with Crippen LogP contribution >= 0.6 is 0 Å². The Bertz CT molecular complexity index is 1820. The fraction of sp³-hybridized carbons (Fsp3) is 0.212. The molecular weight excluding hydrogens is 619 g/mol. The van der Waals surface area contributed by atoms with E-state index in [0.717, 1.165) is 6.92 Å². The van der Waals surface area contributed by atoms with Crippen LogP contribution in [-0.2, 0) is 28.5 Å². The van der Waals surface area contributed by atoms with Gasteiger partial charge in [0.1, 0.15) is 13.2 Å². The van der Waals surface area contributed by atoms with Gasteiger partial charge >= 0.3 is 29.6 Å². The van der Waals surface area contributed by atoms with Gasteiger partial charge in [-0.1, -0.05) is 54.6 Å². The van der Waals surface area contributed by atoms with Crippen molar-refractivity contribution in [2.45, 2.75) is 31.0 Å². The summed E-state index contributed by atoms with van der Waals surface area (Å²) in [6.45, 7) is -0.553. The smallest absolute Gasteiger partial charge is 0.338 e. The van der Waals surface area contributed by atoms with Gasteiger partial charge in [-0.3, -0.25) is 19.1 Å². The van der Waals surface area contributed by atoms with Crippen molar-refractivity contribution < 1.29 is 47.3 Å². The summed E-state index contributed by atoms with van der Waals surface area (Å²) in [7, 11) is 0. The number of H-pyrrole nitrogens is 1. The summed E-state index contributed by atoms with van der Waals surface area (Å²) in [5, 5.41) is 0. The molecule has 0 bridgehead atoms. The molecule has 5 rings (SSSR count). The van der Waals surface area contributed by atoms with Crippen molar-refractivity contribution in [1.82, 2.24) is 9.55 Å². The quantitative estimate of drug-likeness (QED) is 0.199. The van der Waals surface area contributed by atoms with Gasteiger partial charge in [-0.15, -0.1) is 0 Å². The molecule has 14 heteroatoms. The molecule has 1 aliphatic heterocycles. The minimum Gasteiger partial charge on any atom is -0.459 e. The zero-order valence-electron chi connectivity index (χ0n) is 24.7.